The van der Waals surface area contributed by atoms with E-state index in [1.165, 1.54) is 17.5 Å². The monoisotopic (exact) mass is 309 g/mol. The van der Waals surface area contributed by atoms with Gasteiger partial charge in [-0.15, -0.1) is 11.3 Å². The molecule has 0 bridgehead atoms. The summed E-state index contributed by atoms with van der Waals surface area (Å²) in [5.41, 5.74) is 0.807. The van der Waals surface area contributed by atoms with Crippen molar-refractivity contribution in [3.8, 4) is 0 Å². The second-order valence-corrected chi connectivity index (χ2v) is 6.31. The fourth-order valence-corrected chi connectivity index (χ4v) is 3.11. The van der Waals surface area contributed by atoms with Crippen LogP contribution in [-0.4, -0.2) is 19.5 Å². The SMILES string of the molecule is O=C(O)c1sccc1NS(=O)(=O)/C=C/c1ccccc1. The minimum Gasteiger partial charge on any atom is -0.477 e. The van der Waals surface area contributed by atoms with Crippen molar-refractivity contribution >= 4 is 39.1 Å². The van der Waals surface area contributed by atoms with E-state index in [-0.39, 0.29) is 10.6 Å². The first-order valence-corrected chi connectivity index (χ1v) is 7.97. The van der Waals surface area contributed by atoms with Gasteiger partial charge in [0.2, 0.25) is 0 Å². The molecule has 2 N–H and O–H groups in total. The number of carboxylic acids is 1. The van der Waals surface area contributed by atoms with Gasteiger partial charge in [0.1, 0.15) is 4.88 Å². The van der Waals surface area contributed by atoms with Crippen molar-refractivity contribution in [3.05, 3.63) is 57.6 Å². The highest BCUT2D eigenvalue weighted by Gasteiger charge is 2.15. The van der Waals surface area contributed by atoms with Crippen LogP contribution in [0.1, 0.15) is 15.2 Å². The van der Waals surface area contributed by atoms with Crippen LogP contribution in [0.15, 0.2) is 47.2 Å². The van der Waals surface area contributed by atoms with Crippen molar-refractivity contribution in [1.29, 1.82) is 0 Å². The van der Waals surface area contributed by atoms with E-state index in [1.54, 1.807) is 24.3 Å². The molecule has 2 rings (SSSR count). The lowest BCUT2D eigenvalue weighted by Gasteiger charge is -2.03. The molecule has 0 atom stereocenters. The minimum atomic E-state index is -3.75. The molecule has 0 saturated carbocycles. The molecule has 0 aliphatic heterocycles. The molecule has 0 aliphatic carbocycles. The summed E-state index contributed by atoms with van der Waals surface area (Å²) in [6.45, 7) is 0. The molecular formula is C13H11NO4S2. The van der Waals surface area contributed by atoms with Gasteiger partial charge in [0.05, 0.1) is 11.1 Å². The van der Waals surface area contributed by atoms with E-state index < -0.39 is 16.0 Å². The van der Waals surface area contributed by atoms with Gasteiger partial charge < -0.3 is 5.11 Å². The zero-order valence-electron chi connectivity index (χ0n) is 10.2. The number of hydrogen-bond acceptors (Lipinski definition) is 4. The number of anilines is 1. The number of hydrogen-bond donors (Lipinski definition) is 2. The summed E-state index contributed by atoms with van der Waals surface area (Å²) in [5.74, 6) is -1.16. The van der Waals surface area contributed by atoms with Crippen LogP contribution >= 0.6 is 11.3 Å². The molecule has 1 aromatic carbocycles. The fourth-order valence-electron chi connectivity index (χ4n) is 1.47. The molecule has 2 aromatic rings. The Labute approximate surface area is 120 Å². The van der Waals surface area contributed by atoms with Crippen LogP contribution in [-0.2, 0) is 10.0 Å². The Morgan fingerprint density at radius 1 is 1.20 bits per heavy atom. The normalized spacial score (nSPS) is 11.6. The summed E-state index contributed by atoms with van der Waals surface area (Å²) >= 11 is 0.962. The summed E-state index contributed by atoms with van der Waals surface area (Å²) in [6.07, 6.45) is 1.44. The lowest BCUT2D eigenvalue weighted by molar-refractivity contribution is 0.0703. The van der Waals surface area contributed by atoms with Crippen molar-refractivity contribution in [2.24, 2.45) is 0 Å². The van der Waals surface area contributed by atoms with Crippen LogP contribution in [0.25, 0.3) is 6.08 Å². The zero-order valence-corrected chi connectivity index (χ0v) is 11.8. The van der Waals surface area contributed by atoms with Crippen LogP contribution in [0.5, 0.6) is 0 Å². The number of thiophene rings is 1. The van der Waals surface area contributed by atoms with Crippen LogP contribution in [0.2, 0.25) is 0 Å². The van der Waals surface area contributed by atoms with E-state index in [1.807, 2.05) is 6.07 Å². The maximum absolute atomic E-state index is 11.9. The molecule has 7 heteroatoms. The third-order valence-electron chi connectivity index (χ3n) is 2.35. The summed E-state index contributed by atoms with van der Waals surface area (Å²) in [6, 6.07) is 10.4. The van der Waals surface area contributed by atoms with Crippen LogP contribution < -0.4 is 4.72 Å². The van der Waals surface area contributed by atoms with Gasteiger partial charge in [0, 0.05) is 0 Å². The topological polar surface area (TPSA) is 83.5 Å². The average Bonchev–Trinajstić information content (AvgIpc) is 2.85. The van der Waals surface area contributed by atoms with E-state index in [0.717, 1.165) is 22.3 Å². The Morgan fingerprint density at radius 2 is 1.90 bits per heavy atom. The van der Waals surface area contributed by atoms with Crippen molar-refractivity contribution < 1.29 is 18.3 Å². The first-order chi connectivity index (χ1) is 9.48. The number of benzene rings is 1. The molecule has 1 aromatic heterocycles. The smallest absolute Gasteiger partial charge is 0.348 e. The first kappa shape index (κ1) is 14.3. The van der Waals surface area contributed by atoms with E-state index in [9.17, 15) is 13.2 Å². The summed E-state index contributed by atoms with van der Waals surface area (Å²) in [4.78, 5) is 10.9. The van der Waals surface area contributed by atoms with Gasteiger partial charge in [-0.25, -0.2) is 13.2 Å². The summed E-state index contributed by atoms with van der Waals surface area (Å²) in [5, 5.41) is 11.4. The van der Waals surface area contributed by atoms with Crippen molar-refractivity contribution in [3.63, 3.8) is 0 Å². The molecule has 1 heterocycles. The van der Waals surface area contributed by atoms with Gasteiger partial charge in [0.25, 0.3) is 10.0 Å². The van der Waals surface area contributed by atoms with Crippen LogP contribution in [0.3, 0.4) is 0 Å². The van der Waals surface area contributed by atoms with Gasteiger partial charge in [-0.1, -0.05) is 30.3 Å². The third kappa shape index (κ3) is 3.69. The Morgan fingerprint density at radius 3 is 2.55 bits per heavy atom. The second kappa shape index (κ2) is 5.89. The van der Waals surface area contributed by atoms with Gasteiger partial charge >= 0.3 is 5.97 Å². The molecule has 0 unspecified atom stereocenters. The Balaban J connectivity index is 2.18. The molecule has 0 amide bonds. The van der Waals surface area contributed by atoms with Gasteiger partial charge in [0.15, 0.2) is 0 Å². The fraction of sp³-hybridized carbons (Fsp3) is 0. The third-order valence-corrected chi connectivity index (χ3v) is 4.25. The van der Waals surface area contributed by atoms with Gasteiger partial charge in [-0.2, -0.15) is 0 Å². The molecule has 0 fully saturated rings. The van der Waals surface area contributed by atoms with E-state index in [2.05, 4.69) is 4.72 Å². The van der Waals surface area contributed by atoms with Crippen molar-refractivity contribution in [2.45, 2.75) is 0 Å². The maximum Gasteiger partial charge on any atom is 0.348 e. The number of rotatable bonds is 5. The molecule has 0 saturated heterocycles. The quantitative estimate of drug-likeness (QED) is 0.889. The molecular weight excluding hydrogens is 298 g/mol. The average molecular weight is 309 g/mol. The largest absolute Gasteiger partial charge is 0.477 e. The predicted octanol–water partition coefficient (Wildman–Crippen LogP) is 2.86. The number of carboxylic acid groups (broad SMARTS) is 1. The van der Waals surface area contributed by atoms with E-state index in [0.29, 0.717) is 0 Å². The second-order valence-electron chi connectivity index (χ2n) is 3.83. The standard InChI is InChI=1S/C13H11NO4S2/c15-13(16)12-11(6-8-19-12)14-20(17,18)9-7-10-4-2-1-3-5-10/h1-9,14H,(H,15,16)/b9-7+. The number of aromatic carboxylic acids is 1. The first-order valence-electron chi connectivity index (χ1n) is 5.55. The molecule has 0 spiro atoms. The summed E-state index contributed by atoms with van der Waals surface area (Å²) in [7, 11) is -3.75. The lowest BCUT2D eigenvalue weighted by atomic mass is 10.2. The highest BCUT2D eigenvalue weighted by molar-refractivity contribution is 7.95. The van der Waals surface area contributed by atoms with E-state index in [4.69, 9.17) is 5.11 Å². The number of nitrogens with one attached hydrogen (secondary N) is 1. The maximum atomic E-state index is 11.9. The highest BCUT2D eigenvalue weighted by Crippen LogP contribution is 2.23. The van der Waals surface area contributed by atoms with Crippen molar-refractivity contribution in [2.75, 3.05) is 4.72 Å². The van der Waals surface area contributed by atoms with Crippen LogP contribution in [0.4, 0.5) is 5.69 Å². The number of carbonyl (C=O) groups is 1. The number of sulfonamides is 1. The minimum absolute atomic E-state index is 0.0401. The summed E-state index contributed by atoms with van der Waals surface area (Å²) < 4.78 is 26.0. The Bertz CT molecular complexity index is 733. The molecule has 20 heavy (non-hydrogen) atoms. The van der Waals surface area contributed by atoms with Gasteiger partial charge in [-0.05, 0) is 23.1 Å². The Hall–Kier alpha value is -2.12. The lowest BCUT2D eigenvalue weighted by Crippen LogP contribution is -2.10. The van der Waals surface area contributed by atoms with E-state index >= 15 is 0 Å². The molecule has 104 valence electrons. The van der Waals surface area contributed by atoms with Crippen molar-refractivity contribution in [1.82, 2.24) is 0 Å². The van der Waals surface area contributed by atoms with Gasteiger partial charge in [-0.3, -0.25) is 4.72 Å². The molecule has 0 aliphatic rings. The van der Waals surface area contributed by atoms with Crippen LogP contribution in [0, 0.1) is 0 Å². The Kier molecular flexibility index (Phi) is 4.21. The predicted molar refractivity (Wildman–Crippen MR) is 79.3 cm³/mol. The molecule has 5 nitrogen and oxygen atoms in total. The highest BCUT2D eigenvalue weighted by atomic mass is 32.2. The zero-order chi connectivity index (χ0) is 14.6. The molecule has 0 radical (unpaired) electrons.